The molecule has 0 aliphatic heterocycles. The molecule has 116 valence electrons. The second-order valence-electron chi connectivity index (χ2n) is 5.43. The molecule has 0 saturated heterocycles. The Morgan fingerprint density at radius 2 is 1.83 bits per heavy atom. The Labute approximate surface area is 135 Å². The van der Waals surface area contributed by atoms with Gasteiger partial charge in [-0.2, -0.15) is 0 Å². The van der Waals surface area contributed by atoms with E-state index in [0.29, 0.717) is 17.7 Å². The molecule has 0 spiro atoms. The molecule has 1 heterocycles. The maximum absolute atomic E-state index is 12.8. The van der Waals surface area contributed by atoms with Gasteiger partial charge in [0.25, 0.3) is 0 Å². The van der Waals surface area contributed by atoms with Crippen molar-refractivity contribution >= 4 is 16.7 Å². The third-order valence-electron chi connectivity index (χ3n) is 3.78. The highest BCUT2D eigenvalue weighted by Crippen LogP contribution is 2.21. The predicted octanol–water partition coefficient (Wildman–Crippen LogP) is 4.64. The lowest BCUT2D eigenvalue weighted by molar-refractivity contribution is 0.104. The Bertz CT molecular complexity index is 804. The smallest absolute Gasteiger partial charge is 0.193 e. The number of carbonyl (C=O) groups is 1. The van der Waals surface area contributed by atoms with Crippen LogP contribution in [0.2, 0.25) is 0 Å². The highest BCUT2D eigenvalue weighted by molar-refractivity contribution is 6.15. The summed E-state index contributed by atoms with van der Waals surface area (Å²) in [6, 6.07) is 16.8. The molecular formula is C20H19NO2. The van der Waals surface area contributed by atoms with Gasteiger partial charge < -0.3 is 4.74 Å². The third-order valence-corrected chi connectivity index (χ3v) is 3.78. The van der Waals surface area contributed by atoms with Gasteiger partial charge in [-0.15, -0.1) is 0 Å². The lowest BCUT2D eigenvalue weighted by Crippen LogP contribution is -2.03. The molecule has 1 aromatic heterocycles. The van der Waals surface area contributed by atoms with Gasteiger partial charge in [-0.1, -0.05) is 31.5 Å². The summed E-state index contributed by atoms with van der Waals surface area (Å²) in [5, 5.41) is 0.878. The van der Waals surface area contributed by atoms with Crippen LogP contribution in [0, 0.1) is 0 Å². The fraction of sp³-hybridized carbons (Fsp3) is 0.200. The summed E-state index contributed by atoms with van der Waals surface area (Å²) < 4.78 is 5.64. The van der Waals surface area contributed by atoms with Crippen LogP contribution in [-0.2, 0) is 0 Å². The number of ether oxygens (including phenoxy) is 1. The molecule has 0 aliphatic carbocycles. The van der Waals surface area contributed by atoms with Gasteiger partial charge in [0.2, 0.25) is 0 Å². The van der Waals surface area contributed by atoms with Crippen LogP contribution in [0.25, 0.3) is 10.9 Å². The molecule has 2 aromatic carbocycles. The average molecular weight is 305 g/mol. The molecule has 0 saturated carbocycles. The predicted molar refractivity (Wildman–Crippen MR) is 92.0 cm³/mol. The maximum Gasteiger partial charge on any atom is 0.193 e. The zero-order valence-corrected chi connectivity index (χ0v) is 13.2. The standard InChI is InChI=1S/C20H19NO2/c1-2-3-14-23-16-10-8-15(9-11-16)20(22)18-12-13-21-19-7-5-4-6-17(18)19/h4-13H,2-3,14H2,1H3. The fourth-order valence-corrected chi connectivity index (χ4v) is 2.49. The van der Waals surface area contributed by atoms with Crippen molar-refractivity contribution < 1.29 is 9.53 Å². The Hall–Kier alpha value is -2.68. The summed E-state index contributed by atoms with van der Waals surface area (Å²) in [5.74, 6) is 0.804. The first kappa shape index (κ1) is 15.2. The summed E-state index contributed by atoms with van der Waals surface area (Å²) in [4.78, 5) is 17.1. The number of unbranched alkanes of at least 4 members (excludes halogenated alkanes) is 1. The van der Waals surface area contributed by atoms with Crippen molar-refractivity contribution in [2.24, 2.45) is 0 Å². The number of aromatic nitrogens is 1. The van der Waals surface area contributed by atoms with Crippen molar-refractivity contribution in [3.05, 3.63) is 71.9 Å². The number of pyridine rings is 1. The second kappa shape index (κ2) is 7.05. The quantitative estimate of drug-likeness (QED) is 0.492. The Morgan fingerprint density at radius 3 is 2.61 bits per heavy atom. The largest absolute Gasteiger partial charge is 0.494 e. The zero-order chi connectivity index (χ0) is 16.1. The topological polar surface area (TPSA) is 39.2 Å². The van der Waals surface area contributed by atoms with Crippen LogP contribution in [-0.4, -0.2) is 17.4 Å². The van der Waals surface area contributed by atoms with Gasteiger partial charge in [0.05, 0.1) is 12.1 Å². The van der Waals surface area contributed by atoms with Crippen molar-refractivity contribution in [3.63, 3.8) is 0 Å². The summed E-state index contributed by atoms with van der Waals surface area (Å²) >= 11 is 0. The van der Waals surface area contributed by atoms with Gasteiger partial charge in [-0.25, -0.2) is 0 Å². The molecule has 0 aliphatic rings. The van der Waals surface area contributed by atoms with Crippen molar-refractivity contribution in [1.82, 2.24) is 4.98 Å². The lowest BCUT2D eigenvalue weighted by atomic mass is 10.00. The normalized spacial score (nSPS) is 10.7. The maximum atomic E-state index is 12.8. The molecule has 3 rings (SSSR count). The lowest BCUT2D eigenvalue weighted by Gasteiger charge is -2.08. The van der Waals surface area contributed by atoms with Crippen LogP contribution in [0.5, 0.6) is 5.75 Å². The molecule has 0 fully saturated rings. The van der Waals surface area contributed by atoms with E-state index in [1.165, 1.54) is 0 Å². The molecular weight excluding hydrogens is 286 g/mol. The Balaban J connectivity index is 1.85. The van der Waals surface area contributed by atoms with Gasteiger partial charge in [0, 0.05) is 22.7 Å². The minimum absolute atomic E-state index is 0.00343. The monoisotopic (exact) mass is 305 g/mol. The molecule has 3 nitrogen and oxygen atoms in total. The number of nitrogens with zero attached hydrogens (tertiary/aromatic N) is 1. The summed E-state index contributed by atoms with van der Waals surface area (Å²) in [5.41, 5.74) is 2.16. The van der Waals surface area contributed by atoms with Crippen LogP contribution in [0.15, 0.2) is 60.8 Å². The van der Waals surface area contributed by atoms with Gasteiger partial charge in [0.15, 0.2) is 5.78 Å². The molecule has 0 radical (unpaired) electrons. The summed E-state index contributed by atoms with van der Waals surface area (Å²) in [6.07, 6.45) is 3.81. The van der Waals surface area contributed by atoms with Gasteiger partial charge in [-0.3, -0.25) is 9.78 Å². The highest BCUT2D eigenvalue weighted by atomic mass is 16.5. The molecule has 3 aromatic rings. The number of rotatable bonds is 6. The van der Waals surface area contributed by atoms with E-state index in [9.17, 15) is 4.79 Å². The number of benzene rings is 2. The minimum atomic E-state index is 0.00343. The minimum Gasteiger partial charge on any atom is -0.494 e. The van der Waals surface area contributed by atoms with E-state index in [4.69, 9.17) is 4.74 Å². The number of fused-ring (bicyclic) bond motifs is 1. The van der Waals surface area contributed by atoms with E-state index in [-0.39, 0.29) is 5.78 Å². The Morgan fingerprint density at radius 1 is 1.04 bits per heavy atom. The fourth-order valence-electron chi connectivity index (χ4n) is 2.49. The number of ketones is 1. The summed E-state index contributed by atoms with van der Waals surface area (Å²) in [6.45, 7) is 2.84. The summed E-state index contributed by atoms with van der Waals surface area (Å²) in [7, 11) is 0. The van der Waals surface area contributed by atoms with Crippen molar-refractivity contribution in [2.75, 3.05) is 6.61 Å². The first-order chi connectivity index (χ1) is 11.3. The number of hydrogen-bond acceptors (Lipinski definition) is 3. The van der Waals surface area contributed by atoms with Crippen molar-refractivity contribution in [2.45, 2.75) is 19.8 Å². The number of para-hydroxylation sites is 1. The molecule has 0 bridgehead atoms. The molecule has 3 heteroatoms. The molecule has 0 atom stereocenters. The highest BCUT2D eigenvalue weighted by Gasteiger charge is 2.12. The molecule has 23 heavy (non-hydrogen) atoms. The average Bonchev–Trinajstić information content (AvgIpc) is 2.61. The second-order valence-corrected chi connectivity index (χ2v) is 5.43. The van der Waals surface area contributed by atoms with E-state index in [2.05, 4.69) is 11.9 Å². The van der Waals surface area contributed by atoms with E-state index in [1.54, 1.807) is 12.3 Å². The first-order valence-electron chi connectivity index (χ1n) is 7.91. The number of carbonyl (C=O) groups excluding carboxylic acids is 1. The van der Waals surface area contributed by atoms with Crippen LogP contribution in [0.4, 0.5) is 0 Å². The van der Waals surface area contributed by atoms with E-state index >= 15 is 0 Å². The Kier molecular flexibility index (Phi) is 4.67. The van der Waals surface area contributed by atoms with E-state index in [0.717, 1.165) is 29.5 Å². The SMILES string of the molecule is CCCCOc1ccc(C(=O)c2ccnc3ccccc23)cc1. The van der Waals surface area contributed by atoms with Gasteiger partial charge in [0.1, 0.15) is 5.75 Å². The number of hydrogen-bond donors (Lipinski definition) is 0. The van der Waals surface area contributed by atoms with Crippen LogP contribution < -0.4 is 4.74 Å². The van der Waals surface area contributed by atoms with Gasteiger partial charge >= 0.3 is 0 Å². The van der Waals surface area contributed by atoms with Crippen LogP contribution >= 0.6 is 0 Å². The van der Waals surface area contributed by atoms with E-state index in [1.807, 2.05) is 48.5 Å². The van der Waals surface area contributed by atoms with Crippen molar-refractivity contribution in [1.29, 1.82) is 0 Å². The molecule has 0 N–H and O–H groups in total. The van der Waals surface area contributed by atoms with E-state index < -0.39 is 0 Å². The molecule has 0 amide bonds. The zero-order valence-electron chi connectivity index (χ0n) is 13.2. The van der Waals surface area contributed by atoms with Crippen LogP contribution in [0.1, 0.15) is 35.7 Å². The van der Waals surface area contributed by atoms with Gasteiger partial charge in [-0.05, 0) is 42.8 Å². The molecule has 0 unspecified atom stereocenters. The third kappa shape index (κ3) is 3.39. The van der Waals surface area contributed by atoms with Crippen LogP contribution in [0.3, 0.4) is 0 Å². The first-order valence-corrected chi connectivity index (χ1v) is 7.91. The van der Waals surface area contributed by atoms with Crippen molar-refractivity contribution in [3.8, 4) is 5.75 Å².